The van der Waals surface area contributed by atoms with E-state index in [0.29, 0.717) is 41.7 Å². The van der Waals surface area contributed by atoms with E-state index < -0.39 is 0 Å². The van der Waals surface area contributed by atoms with Crippen LogP contribution in [0.5, 0.6) is 5.75 Å². The fourth-order valence-electron chi connectivity index (χ4n) is 3.51. The molecular weight excluding hydrogens is 390 g/mol. The molecule has 4 rings (SSSR count). The van der Waals surface area contributed by atoms with E-state index in [0.717, 1.165) is 28.7 Å². The van der Waals surface area contributed by atoms with Crippen LogP contribution in [0.15, 0.2) is 36.4 Å². The number of methoxy groups -OCH3 is 1. The van der Waals surface area contributed by atoms with Crippen molar-refractivity contribution in [2.45, 2.75) is 19.1 Å². The number of rotatable bonds is 5. The lowest BCUT2D eigenvalue weighted by Crippen LogP contribution is -2.23. The number of anilines is 2. The monoisotopic (exact) mass is 409 g/mol. The number of hydrogen-bond acceptors (Lipinski definition) is 7. The van der Waals surface area contributed by atoms with Gasteiger partial charge in [-0.05, 0) is 42.3 Å². The molecule has 2 N–H and O–H groups in total. The number of ether oxygens (including phenoxy) is 1. The lowest BCUT2D eigenvalue weighted by Gasteiger charge is -2.19. The maximum absolute atomic E-state index is 9.87. The summed E-state index contributed by atoms with van der Waals surface area (Å²) in [6, 6.07) is 13.2. The van der Waals surface area contributed by atoms with Gasteiger partial charge < -0.3 is 20.1 Å². The third kappa shape index (κ3) is 3.90. The van der Waals surface area contributed by atoms with Crippen molar-refractivity contribution in [2.75, 3.05) is 30.4 Å². The average Bonchev–Trinajstić information content (AvgIpc) is 3.17. The topological polar surface area (TPSA) is 94.3 Å². The lowest BCUT2D eigenvalue weighted by atomic mass is 10.1. The second-order valence-electron chi connectivity index (χ2n) is 6.96. The van der Waals surface area contributed by atoms with Crippen molar-refractivity contribution < 1.29 is 9.84 Å². The molecule has 1 aliphatic rings. The molecule has 3 aromatic rings. The summed E-state index contributed by atoms with van der Waals surface area (Å²) in [6.45, 7) is 1.75. The molecule has 2 aromatic carbocycles. The molecule has 0 radical (unpaired) electrons. The van der Waals surface area contributed by atoms with Crippen molar-refractivity contribution in [1.82, 2.24) is 10.2 Å². The normalized spacial score (nSPS) is 16.1. The predicted octanol–water partition coefficient (Wildman–Crippen LogP) is 3.35. The highest BCUT2D eigenvalue weighted by molar-refractivity contribution is 6.32. The van der Waals surface area contributed by atoms with Crippen molar-refractivity contribution in [3.8, 4) is 11.8 Å². The van der Waals surface area contributed by atoms with Crippen molar-refractivity contribution in [1.29, 1.82) is 5.26 Å². The Balaban J connectivity index is 1.67. The zero-order valence-corrected chi connectivity index (χ0v) is 16.6. The highest BCUT2D eigenvalue weighted by Crippen LogP contribution is 2.32. The second-order valence-corrected chi connectivity index (χ2v) is 7.36. The minimum atomic E-state index is -0.358. The number of aliphatic hydroxyl groups excluding tert-OH is 1. The van der Waals surface area contributed by atoms with Gasteiger partial charge in [-0.25, -0.2) is 0 Å². The summed E-state index contributed by atoms with van der Waals surface area (Å²) < 4.78 is 5.19. The van der Waals surface area contributed by atoms with Gasteiger partial charge in [-0.3, -0.25) is 0 Å². The maximum atomic E-state index is 9.87. The quantitative estimate of drug-likeness (QED) is 0.667. The Morgan fingerprint density at radius 3 is 2.83 bits per heavy atom. The SMILES string of the molecule is COc1ccc(CNc2nnc(N3CC[C@@H](O)C3)c3ccc(C#N)cc23)cc1Cl. The highest BCUT2D eigenvalue weighted by atomic mass is 35.5. The average molecular weight is 410 g/mol. The number of benzene rings is 2. The Morgan fingerprint density at radius 1 is 1.28 bits per heavy atom. The number of halogens is 1. The summed E-state index contributed by atoms with van der Waals surface area (Å²) in [5.74, 6) is 1.93. The van der Waals surface area contributed by atoms with Crippen molar-refractivity contribution in [2.24, 2.45) is 0 Å². The molecule has 0 saturated carbocycles. The number of aliphatic hydroxyl groups is 1. The summed E-state index contributed by atoms with van der Waals surface area (Å²) in [6.07, 6.45) is 0.348. The van der Waals surface area contributed by atoms with Crippen LogP contribution in [-0.2, 0) is 6.54 Å². The van der Waals surface area contributed by atoms with E-state index in [9.17, 15) is 10.4 Å². The van der Waals surface area contributed by atoms with Crippen molar-refractivity contribution in [3.05, 3.63) is 52.5 Å². The van der Waals surface area contributed by atoms with Crippen LogP contribution in [0.2, 0.25) is 5.02 Å². The molecule has 1 fully saturated rings. The van der Waals surface area contributed by atoms with Gasteiger partial charge in [-0.2, -0.15) is 5.26 Å². The number of β-amino-alcohol motifs (C(OH)–C–C–N with tert-alkyl or cyclic N) is 1. The first-order valence-electron chi connectivity index (χ1n) is 9.29. The first-order valence-corrected chi connectivity index (χ1v) is 9.66. The number of nitrogens with one attached hydrogen (secondary N) is 1. The summed E-state index contributed by atoms with van der Waals surface area (Å²) >= 11 is 6.21. The zero-order chi connectivity index (χ0) is 20.4. The van der Waals surface area contributed by atoms with Gasteiger partial charge in [0.05, 0.1) is 29.9 Å². The van der Waals surface area contributed by atoms with E-state index >= 15 is 0 Å². The Labute approximate surface area is 173 Å². The van der Waals surface area contributed by atoms with E-state index in [2.05, 4.69) is 21.6 Å². The van der Waals surface area contributed by atoms with E-state index in [1.54, 1.807) is 13.2 Å². The molecule has 0 aliphatic carbocycles. The Bertz CT molecular complexity index is 1100. The van der Waals surface area contributed by atoms with Crippen molar-refractivity contribution in [3.63, 3.8) is 0 Å². The Morgan fingerprint density at radius 2 is 2.14 bits per heavy atom. The van der Waals surface area contributed by atoms with Crippen LogP contribution in [-0.4, -0.2) is 41.6 Å². The van der Waals surface area contributed by atoms with E-state index in [1.807, 2.05) is 35.2 Å². The minimum Gasteiger partial charge on any atom is -0.495 e. The van der Waals surface area contributed by atoms with Crippen LogP contribution in [0.1, 0.15) is 17.5 Å². The summed E-state index contributed by atoms with van der Waals surface area (Å²) in [5.41, 5.74) is 1.52. The summed E-state index contributed by atoms with van der Waals surface area (Å²) in [4.78, 5) is 2.03. The molecular formula is C21H20ClN5O2. The van der Waals surface area contributed by atoms with Crippen LogP contribution < -0.4 is 15.0 Å². The molecule has 0 bridgehead atoms. The van der Waals surface area contributed by atoms with Gasteiger partial charge in [-0.1, -0.05) is 17.7 Å². The van der Waals surface area contributed by atoms with Gasteiger partial charge in [0, 0.05) is 30.4 Å². The van der Waals surface area contributed by atoms with Gasteiger partial charge in [-0.15, -0.1) is 10.2 Å². The fourth-order valence-corrected chi connectivity index (χ4v) is 3.79. The van der Waals surface area contributed by atoms with Crippen LogP contribution in [0.3, 0.4) is 0 Å². The zero-order valence-electron chi connectivity index (χ0n) is 15.9. The summed E-state index contributed by atoms with van der Waals surface area (Å²) in [5, 5.41) is 33.5. The number of aromatic nitrogens is 2. The van der Waals surface area contributed by atoms with Gasteiger partial charge in [0.25, 0.3) is 0 Å². The molecule has 148 valence electrons. The third-order valence-corrected chi connectivity index (χ3v) is 5.32. The largest absolute Gasteiger partial charge is 0.495 e. The molecule has 7 nitrogen and oxygen atoms in total. The Kier molecular flexibility index (Phi) is 5.38. The standard InChI is InChI=1S/C21H20ClN5O2/c1-29-19-5-3-14(9-18(19)22)11-24-20-17-8-13(10-23)2-4-16(17)21(26-25-20)27-7-6-15(28)12-27/h2-5,8-9,15,28H,6-7,11-12H2,1H3,(H,24,25)/t15-/m1/s1. The van der Waals surface area contributed by atoms with Crippen LogP contribution in [0, 0.1) is 11.3 Å². The van der Waals surface area contributed by atoms with Crippen LogP contribution in [0.25, 0.3) is 10.8 Å². The van der Waals surface area contributed by atoms with Crippen LogP contribution >= 0.6 is 11.6 Å². The van der Waals surface area contributed by atoms with Gasteiger partial charge in [0.1, 0.15) is 5.75 Å². The molecule has 2 heterocycles. The van der Waals surface area contributed by atoms with Crippen molar-refractivity contribution >= 4 is 34.0 Å². The lowest BCUT2D eigenvalue weighted by molar-refractivity contribution is 0.198. The summed E-state index contributed by atoms with van der Waals surface area (Å²) in [7, 11) is 1.58. The molecule has 0 amide bonds. The molecule has 1 saturated heterocycles. The number of nitriles is 1. The molecule has 0 unspecified atom stereocenters. The van der Waals surface area contributed by atoms with Crippen LogP contribution in [0.4, 0.5) is 11.6 Å². The fraction of sp³-hybridized carbons (Fsp3) is 0.286. The molecule has 0 spiro atoms. The maximum Gasteiger partial charge on any atom is 0.159 e. The molecule has 8 heteroatoms. The first kappa shape index (κ1) is 19.2. The molecule has 1 aliphatic heterocycles. The predicted molar refractivity (Wildman–Crippen MR) is 112 cm³/mol. The molecule has 29 heavy (non-hydrogen) atoms. The number of hydrogen-bond donors (Lipinski definition) is 2. The highest BCUT2D eigenvalue weighted by Gasteiger charge is 2.24. The third-order valence-electron chi connectivity index (χ3n) is 5.03. The van der Waals surface area contributed by atoms with E-state index in [1.165, 1.54) is 0 Å². The smallest absolute Gasteiger partial charge is 0.159 e. The van der Waals surface area contributed by atoms with Gasteiger partial charge in [0.15, 0.2) is 11.6 Å². The Hall–Kier alpha value is -3.08. The first-order chi connectivity index (χ1) is 14.1. The number of nitrogens with zero attached hydrogens (tertiary/aromatic N) is 4. The number of fused-ring (bicyclic) bond motifs is 1. The van der Waals surface area contributed by atoms with Gasteiger partial charge in [0.2, 0.25) is 0 Å². The van der Waals surface area contributed by atoms with E-state index in [-0.39, 0.29) is 6.10 Å². The van der Waals surface area contributed by atoms with Gasteiger partial charge >= 0.3 is 0 Å². The minimum absolute atomic E-state index is 0.358. The van der Waals surface area contributed by atoms with E-state index in [4.69, 9.17) is 16.3 Å². The molecule has 1 aromatic heterocycles. The second kappa shape index (κ2) is 8.11. The molecule has 1 atom stereocenters.